The van der Waals surface area contributed by atoms with Gasteiger partial charge in [-0.3, -0.25) is 10.2 Å². The molecule has 2 aromatic carbocycles. The highest BCUT2D eigenvalue weighted by molar-refractivity contribution is 6.36. The number of aromatic nitrogens is 1. The van der Waals surface area contributed by atoms with Crippen molar-refractivity contribution >= 4 is 29.1 Å². The second-order valence-corrected chi connectivity index (χ2v) is 9.53. The van der Waals surface area contributed by atoms with Crippen molar-refractivity contribution in [1.82, 2.24) is 15.0 Å². The first-order chi connectivity index (χ1) is 17.1. The second-order valence-electron chi connectivity index (χ2n) is 8.68. The van der Waals surface area contributed by atoms with E-state index in [0.717, 1.165) is 32.4 Å². The number of carbonyl (C=O) groups excluding carboxylic acids is 1. The summed E-state index contributed by atoms with van der Waals surface area (Å²) in [6.45, 7) is 2.98. The van der Waals surface area contributed by atoms with Crippen molar-refractivity contribution in [3.63, 3.8) is 0 Å². The molecule has 1 aromatic heterocycles. The number of hydrogen-bond donors (Lipinski definition) is 1. The van der Waals surface area contributed by atoms with Gasteiger partial charge < -0.3 is 9.30 Å². The fourth-order valence-corrected chi connectivity index (χ4v) is 4.76. The lowest BCUT2D eigenvalue weighted by atomic mass is 10.1. The van der Waals surface area contributed by atoms with Gasteiger partial charge in [0.1, 0.15) is 5.75 Å². The van der Waals surface area contributed by atoms with E-state index in [1.807, 2.05) is 16.5 Å². The second kappa shape index (κ2) is 11.2. The third kappa shape index (κ3) is 6.35. The summed E-state index contributed by atoms with van der Waals surface area (Å²) < 4.78 is 44.4. The van der Waals surface area contributed by atoms with Crippen molar-refractivity contribution in [3.8, 4) is 22.7 Å². The summed E-state index contributed by atoms with van der Waals surface area (Å²) >= 11 is 12.6. The lowest BCUT2D eigenvalue weighted by molar-refractivity contribution is -0.139. The molecule has 1 fully saturated rings. The average molecular weight is 540 g/mol. The molecule has 36 heavy (non-hydrogen) atoms. The van der Waals surface area contributed by atoms with Crippen LogP contribution in [0.1, 0.15) is 41.7 Å². The van der Waals surface area contributed by atoms with Crippen molar-refractivity contribution in [2.24, 2.45) is 0 Å². The molecule has 0 atom stereocenters. The number of nitrogens with zero attached hydrogens (tertiary/aromatic N) is 2. The van der Waals surface area contributed by atoms with E-state index < -0.39 is 19.2 Å². The quantitative estimate of drug-likeness (QED) is 0.344. The molecule has 4 rings (SSSR count). The van der Waals surface area contributed by atoms with Crippen LogP contribution >= 0.6 is 23.2 Å². The molecule has 0 spiro atoms. The molecule has 0 bridgehead atoms. The van der Waals surface area contributed by atoms with Crippen molar-refractivity contribution in [2.45, 2.75) is 38.8 Å². The van der Waals surface area contributed by atoms with E-state index in [0.29, 0.717) is 44.0 Å². The molecule has 1 saturated heterocycles. The standard InChI is InChI=1S/C26H26Cl2F3N3O2/c1-17-22(25(35)32-33-12-3-2-4-13-33)16-24(21-10-5-18(27)15-23(21)28)34(17)19-6-8-20(9-7-19)36-14-11-26(29,30)31/h5-10,15-16H,2-4,11-14H2,1H3,(H,32,35). The Morgan fingerprint density at radius 3 is 2.36 bits per heavy atom. The maximum atomic E-state index is 13.2. The Labute approximate surface area is 217 Å². The van der Waals surface area contributed by atoms with Crippen LogP contribution in [0.3, 0.4) is 0 Å². The number of hydrazine groups is 1. The molecule has 2 heterocycles. The predicted octanol–water partition coefficient (Wildman–Crippen LogP) is 7.22. The summed E-state index contributed by atoms with van der Waals surface area (Å²) in [6.07, 6.45) is -2.09. The molecule has 0 saturated carbocycles. The van der Waals surface area contributed by atoms with E-state index >= 15 is 0 Å². The molecule has 1 aliphatic heterocycles. The highest BCUT2D eigenvalue weighted by atomic mass is 35.5. The Kier molecular flexibility index (Phi) is 8.17. The average Bonchev–Trinajstić information content (AvgIpc) is 3.16. The molecule has 5 nitrogen and oxygen atoms in total. The SMILES string of the molecule is Cc1c(C(=O)NN2CCCCC2)cc(-c2ccc(Cl)cc2Cl)n1-c1ccc(OCCC(F)(F)F)cc1. The molecular weight excluding hydrogens is 514 g/mol. The fraction of sp³-hybridized carbons (Fsp3) is 0.346. The zero-order valence-corrected chi connectivity index (χ0v) is 21.2. The number of rotatable bonds is 7. The first-order valence-corrected chi connectivity index (χ1v) is 12.4. The number of piperidine rings is 1. The fourth-order valence-electron chi connectivity index (χ4n) is 4.25. The van der Waals surface area contributed by atoms with Crippen LogP contribution in [0.15, 0.2) is 48.5 Å². The van der Waals surface area contributed by atoms with Crippen LogP contribution in [-0.4, -0.2) is 41.4 Å². The molecule has 1 N–H and O–H groups in total. The Balaban J connectivity index is 1.68. The molecule has 10 heteroatoms. The van der Waals surface area contributed by atoms with Crippen LogP contribution in [0.5, 0.6) is 5.75 Å². The number of halogens is 5. The van der Waals surface area contributed by atoms with Gasteiger partial charge in [0.15, 0.2) is 0 Å². The minimum absolute atomic E-state index is 0.216. The minimum atomic E-state index is -4.28. The van der Waals surface area contributed by atoms with Crippen LogP contribution in [0.2, 0.25) is 10.0 Å². The van der Waals surface area contributed by atoms with E-state index in [1.54, 1.807) is 48.5 Å². The van der Waals surface area contributed by atoms with Gasteiger partial charge in [-0.1, -0.05) is 29.6 Å². The summed E-state index contributed by atoms with van der Waals surface area (Å²) in [6, 6.07) is 13.6. The van der Waals surface area contributed by atoms with Gasteiger partial charge >= 0.3 is 6.18 Å². The normalized spacial score (nSPS) is 14.6. The number of amides is 1. The Bertz CT molecular complexity index is 1220. The van der Waals surface area contributed by atoms with Gasteiger partial charge in [0.05, 0.1) is 29.3 Å². The Morgan fingerprint density at radius 2 is 1.72 bits per heavy atom. The van der Waals surface area contributed by atoms with Crippen LogP contribution in [-0.2, 0) is 0 Å². The van der Waals surface area contributed by atoms with Gasteiger partial charge in [-0.2, -0.15) is 13.2 Å². The Hall–Kier alpha value is -2.68. The summed E-state index contributed by atoms with van der Waals surface area (Å²) in [7, 11) is 0. The maximum absolute atomic E-state index is 13.2. The number of hydrogen-bond acceptors (Lipinski definition) is 3. The summed E-state index contributed by atoms with van der Waals surface area (Å²) in [5, 5.41) is 2.85. The van der Waals surface area contributed by atoms with E-state index in [4.69, 9.17) is 27.9 Å². The van der Waals surface area contributed by atoms with E-state index in [2.05, 4.69) is 5.43 Å². The number of benzene rings is 2. The van der Waals surface area contributed by atoms with Gasteiger partial charge in [0.2, 0.25) is 0 Å². The van der Waals surface area contributed by atoms with Gasteiger partial charge in [0, 0.05) is 35.1 Å². The molecule has 0 radical (unpaired) electrons. The first kappa shape index (κ1) is 26.4. The van der Waals surface area contributed by atoms with Crippen LogP contribution in [0.4, 0.5) is 13.2 Å². The summed E-state index contributed by atoms with van der Waals surface area (Å²) in [5.41, 5.74) is 6.26. The van der Waals surface area contributed by atoms with E-state index in [-0.39, 0.29) is 5.91 Å². The third-order valence-electron chi connectivity index (χ3n) is 6.06. The lowest BCUT2D eigenvalue weighted by Crippen LogP contribution is -2.45. The van der Waals surface area contributed by atoms with Crippen molar-refractivity contribution in [3.05, 3.63) is 69.8 Å². The highest BCUT2D eigenvalue weighted by Crippen LogP contribution is 2.35. The van der Waals surface area contributed by atoms with Crippen molar-refractivity contribution in [1.29, 1.82) is 0 Å². The first-order valence-electron chi connectivity index (χ1n) is 11.7. The van der Waals surface area contributed by atoms with Gasteiger partial charge in [-0.15, -0.1) is 0 Å². The molecule has 1 amide bonds. The van der Waals surface area contributed by atoms with E-state index in [1.165, 1.54) is 0 Å². The van der Waals surface area contributed by atoms with Crippen LogP contribution in [0, 0.1) is 6.92 Å². The maximum Gasteiger partial charge on any atom is 0.392 e. The lowest BCUT2D eigenvalue weighted by Gasteiger charge is -2.26. The molecule has 0 aliphatic carbocycles. The molecule has 1 aliphatic rings. The molecular formula is C26H26Cl2F3N3O2. The minimum Gasteiger partial charge on any atom is -0.493 e. The van der Waals surface area contributed by atoms with E-state index in [9.17, 15) is 18.0 Å². The predicted molar refractivity (Wildman–Crippen MR) is 135 cm³/mol. The summed E-state index contributed by atoms with van der Waals surface area (Å²) in [4.78, 5) is 13.2. The Morgan fingerprint density at radius 1 is 1.03 bits per heavy atom. The monoisotopic (exact) mass is 539 g/mol. The van der Waals surface area contributed by atoms with Crippen LogP contribution in [0.25, 0.3) is 16.9 Å². The zero-order valence-electron chi connectivity index (χ0n) is 19.7. The smallest absolute Gasteiger partial charge is 0.392 e. The number of ether oxygens (including phenoxy) is 1. The van der Waals surface area contributed by atoms with Gasteiger partial charge in [-0.25, -0.2) is 5.01 Å². The largest absolute Gasteiger partial charge is 0.493 e. The number of carbonyl (C=O) groups is 1. The molecule has 0 unspecified atom stereocenters. The van der Waals surface area contributed by atoms with Gasteiger partial charge in [0.25, 0.3) is 5.91 Å². The molecule has 3 aromatic rings. The number of nitrogens with one attached hydrogen (secondary N) is 1. The van der Waals surface area contributed by atoms with Crippen LogP contribution < -0.4 is 10.2 Å². The summed E-state index contributed by atoms with van der Waals surface area (Å²) in [5.74, 6) is 0.105. The molecule has 192 valence electrons. The number of alkyl halides is 3. The third-order valence-corrected chi connectivity index (χ3v) is 6.61. The highest BCUT2D eigenvalue weighted by Gasteiger charge is 2.27. The van der Waals surface area contributed by atoms with Crippen molar-refractivity contribution < 1.29 is 22.7 Å². The van der Waals surface area contributed by atoms with Crippen molar-refractivity contribution in [2.75, 3.05) is 19.7 Å². The van der Waals surface area contributed by atoms with Gasteiger partial charge in [-0.05, 0) is 68.3 Å². The topological polar surface area (TPSA) is 46.5 Å². The zero-order chi connectivity index (χ0) is 25.9.